The molecule has 5 aromatic rings. The van der Waals surface area contributed by atoms with Crippen molar-refractivity contribution in [1.82, 2.24) is 0 Å². The molecular weight excluding hydrogens is 382 g/mol. The SMILES string of the molecule is O=c1c2ccccc2c(=O)c2c1sc1c(=O)c3ccc([N+](=O)[O-])cc3c(=O)c12. The van der Waals surface area contributed by atoms with Crippen LogP contribution in [-0.4, -0.2) is 4.92 Å². The number of fused-ring (bicyclic) bond motifs is 5. The maximum absolute atomic E-state index is 13.1. The molecule has 0 unspecified atom stereocenters. The highest BCUT2D eigenvalue weighted by Crippen LogP contribution is 2.29. The summed E-state index contributed by atoms with van der Waals surface area (Å²) in [5.74, 6) is 0. The molecule has 28 heavy (non-hydrogen) atoms. The van der Waals surface area contributed by atoms with Gasteiger partial charge in [0.15, 0.2) is 10.9 Å². The van der Waals surface area contributed by atoms with E-state index in [9.17, 15) is 29.3 Å². The summed E-state index contributed by atoms with van der Waals surface area (Å²) < 4.78 is 0.0727. The number of non-ortho nitro benzene ring substituents is 1. The lowest BCUT2D eigenvalue weighted by Crippen LogP contribution is -2.15. The fourth-order valence-corrected chi connectivity index (χ4v) is 4.81. The summed E-state index contributed by atoms with van der Waals surface area (Å²) in [5, 5.41) is 11.1. The molecule has 4 aromatic carbocycles. The molecule has 0 saturated heterocycles. The first-order valence-corrected chi connectivity index (χ1v) is 8.95. The van der Waals surface area contributed by atoms with E-state index < -0.39 is 26.6 Å². The van der Waals surface area contributed by atoms with Crippen LogP contribution in [0.3, 0.4) is 0 Å². The number of hydrogen-bond acceptors (Lipinski definition) is 7. The molecule has 0 N–H and O–H groups in total. The predicted octanol–water partition coefficient (Wildman–Crippen LogP) is 2.59. The number of thiophene rings is 1. The molecule has 0 aliphatic rings. The molecular formula is C20H7NO6S. The molecule has 1 aromatic heterocycles. The van der Waals surface area contributed by atoms with E-state index in [1.807, 2.05) is 0 Å². The standard InChI is InChI=1S/C20H7NO6S/c22-15-9-3-1-2-4-10(9)17(24)19-13(15)14-16(23)12-7-8(21(26)27)5-6-11(12)18(25)20(14)28-19/h1-7H. The predicted molar refractivity (Wildman–Crippen MR) is 108 cm³/mol. The largest absolute Gasteiger partial charge is 0.289 e. The maximum Gasteiger partial charge on any atom is 0.270 e. The van der Waals surface area contributed by atoms with Gasteiger partial charge in [-0.3, -0.25) is 29.3 Å². The van der Waals surface area contributed by atoms with Gasteiger partial charge in [-0.2, -0.15) is 0 Å². The summed E-state index contributed by atoms with van der Waals surface area (Å²) in [4.78, 5) is 62.2. The van der Waals surface area contributed by atoms with E-state index in [1.54, 1.807) is 12.1 Å². The molecule has 0 aliphatic heterocycles. The van der Waals surface area contributed by atoms with Crippen molar-refractivity contribution in [3.05, 3.63) is 93.5 Å². The van der Waals surface area contributed by atoms with E-state index in [2.05, 4.69) is 0 Å². The number of rotatable bonds is 1. The molecule has 0 aliphatic carbocycles. The second-order valence-electron chi connectivity index (χ2n) is 6.36. The highest BCUT2D eigenvalue weighted by atomic mass is 32.1. The lowest BCUT2D eigenvalue weighted by atomic mass is 10.0. The molecule has 0 bridgehead atoms. The van der Waals surface area contributed by atoms with Gasteiger partial charge in [-0.15, -0.1) is 11.3 Å². The summed E-state index contributed by atoms with van der Waals surface area (Å²) in [6.45, 7) is 0. The van der Waals surface area contributed by atoms with Crippen LogP contribution in [0.2, 0.25) is 0 Å². The highest BCUT2D eigenvalue weighted by molar-refractivity contribution is 7.25. The van der Waals surface area contributed by atoms with E-state index in [4.69, 9.17) is 0 Å². The van der Waals surface area contributed by atoms with Crippen molar-refractivity contribution in [1.29, 1.82) is 0 Å². The zero-order chi connectivity index (χ0) is 19.7. The van der Waals surface area contributed by atoms with Crippen LogP contribution < -0.4 is 21.7 Å². The van der Waals surface area contributed by atoms with Gasteiger partial charge >= 0.3 is 0 Å². The van der Waals surface area contributed by atoms with Crippen LogP contribution in [0.15, 0.2) is 61.6 Å². The van der Waals surface area contributed by atoms with Crippen LogP contribution in [-0.2, 0) is 0 Å². The first kappa shape index (κ1) is 16.4. The minimum absolute atomic E-state index is 0.0193. The zero-order valence-corrected chi connectivity index (χ0v) is 14.7. The zero-order valence-electron chi connectivity index (χ0n) is 13.8. The third-order valence-corrected chi connectivity index (χ3v) is 6.08. The van der Waals surface area contributed by atoms with E-state index in [0.717, 1.165) is 23.5 Å². The number of nitro groups is 1. The monoisotopic (exact) mass is 389 g/mol. The van der Waals surface area contributed by atoms with Gasteiger partial charge in [0, 0.05) is 33.7 Å². The molecule has 5 rings (SSSR count). The number of hydrogen-bond donors (Lipinski definition) is 0. The molecule has 0 radical (unpaired) electrons. The summed E-state index contributed by atoms with van der Waals surface area (Å²) >= 11 is 0.825. The van der Waals surface area contributed by atoms with E-state index in [-0.39, 0.29) is 47.4 Å². The fourth-order valence-electron chi connectivity index (χ4n) is 3.61. The van der Waals surface area contributed by atoms with Gasteiger partial charge in [-0.05, 0) is 6.07 Å². The van der Waals surface area contributed by atoms with Crippen molar-refractivity contribution < 1.29 is 4.92 Å². The number of nitrogens with zero attached hydrogens (tertiary/aromatic N) is 1. The Morgan fingerprint density at radius 1 is 0.679 bits per heavy atom. The van der Waals surface area contributed by atoms with Gasteiger partial charge in [0.05, 0.1) is 25.1 Å². The van der Waals surface area contributed by atoms with Crippen molar-refractivity contribution >= 4 is 58.7 Å². The third kappa shape index (κ3) is 1.92. The summed E-state index contributed by atoms with van der Waals surface area (Å²) in [6.07, 6.45) is 0. The van der Waals surface area contributed by atoms with Crippen molar-refractivity contribution in [2.45, 2.75) is 0 Å². The summed E-state index contributed by atoms with van der Waals surface area (Å²) in [6, 6.07) is 9.68. The lowest BCUT2D eigenvalue weighted by Gasteiger charge is -1.98. The first-order chi connectivity index (χ1) is 13.4. The van der Waals surface area contributed by atoms with Gasteiger partial charge < -0.3 is 0 Å². The molecule has 7 nitrogen and oxygen atoms in total. The van der Waals surface area contributed by atoms with Crippen LogP contribution in [0.4, 0.5) is 5.69 Å². The van der Waals surface area contributed by atoms with Crippen LogP contribution in [0.25, 0.3) is 41.7 Å². The Bertz CT molecular complexity index is 1720. The Hall–Kier alpha value is -3.78. The molecule has 8 heteroatoms. The van der Waals surface area contributed by atoms with Crippen LogP contribution in [0.5, 0.6) is 0 Å². The Morgan fingerprint density at radius 3 is 1.75 bits per heavy atom. The van der Waals surface area contributed by atoms with Gasteiger partial charge in [0.1, 0.15) is 0 Å². The molecule has 1 heterocycles. The third-order valence-electron chi connectivity index (χ3n) is 4.89. The molecule has 134 valence electrons. The van der Waals surface area contributed by atoms with Crippen molar-refractivity contribution in [3.63, 3.8) is 0 Å². The van der Waals surface area contributed by atoms with Crippen molar-refractivity contribution in [2.75, 3.05) is 0 Å². The van der Waals surface area contributed by atoms with Gasteiger partial charge in [0.25, 0.3) is 5.69 Å². The lowest BCUT2D eigenvalue weighted by molar-refractivity contribution is -0.384. The summed E-state index contributed by atoms with van der Waals surface area (Å²) in [7, 11) is 0. The molecule has 0 saturated carbocycles. The maximum atomic E-state index is 13.1. The van der Waals surface area contributed by atoms with E-state index >= 15 is 0 Å². The summed E-state index contributed by atoms with van der Waals surface area (Å²) in [5.41, 5.74) is -2.44. The van der Waals surface area contributed by atoms with Crippen molar-refractivity contribution in [2.24, 2.45) is 0 Å². The number of benzene rings is 4. The first-order valence-electron chi connectivity index (χ1n) is 8.13. The Morgan fingerprint density at radius 2 is 1.18 bits per heavy atom. The molecule has 0 atom stereocenters. The minimum atomic E-state index is -0.665. The van der Waals surface area contributed by atoms with Crippen LogP contribution in [0.1, 0.15) is 0 Å². The smallest absolute Gasteiger partial charge is 0.270 e. The second kappa shape index (κ2) is 5.37. The Kier molecular flexibility index (Phi) is 3.14. The van der Waals surface area contributed by atoms with E-state index in [1.165, 1.54) is 18.2 Å². The average molecular weight is 389 g/mol. The Balaban J connectivity index is 2.16. The van der Waals surface area contributed by atoms with Gasteiger partial charge in [-0.1, -0.05) is 24.3 Å². The van der Waals surface area contributed by atoms with Gasteiger partial charge in [-0.25, -0.2) is 0 Å². The Labute approximate surface area is 157 Å². The van der Waals surface area contributed by atoms with Crippen LogP contribution in [0, 0.1) is 10.1 Å². The normalized spacial score (nSPS) is 11.7. The second-order valence-corrected chi connectivity index (χ2v) is 7.38. The van der Waals surface area contributed by atoms with E-state index in [0.29, 0.717) is 0 Å². The van der Waals surface area contributed by atoms with Gasteiger partial charge in [0.2, 0.25) is 10.9 Å². The molecule has 0 fully saturated rings. The number of nitro benzene ring substituents is 1. The fraction of sp³-hybridized carbons (Fsp3) is 0. The molecule has 0 amide bonds. The minimum Gasteiger partial charge on any atom is -0.289 e. The quantitative estimate of drug-likeness (QED) is 0.322. The average Bonchev–Trinajstić information content (AvgIpc) is 3.11. The highest BCUT2D eigenvalue weighted by Gasteiger charge is 2.22. The van der Waals surface area contributed by atoms with Crippen LogP contribution >= 0.6 is 11.3 Å². The topological polar surface area (TPSA) is 111 Å². The molecule has 0 spiro atoms. The van der Waals surface area contributed by atoms with Crippen molar-refractivity contribution in [3.8, 4) is 0 Å².